The van der Waals surface area contributed by atoms with Gasteiger partial charge in [0.1, 0.15) is 18.3 Å². The monoisotopic (exact) mass is 396 g/mol. The highest BCUT2D eigenvalue weighted by atomic mass is 35.5. The Hall–Kier alpha value is -1.13. The fourth-order valence-electron chi connectivity index (χ4n) is 2.47. The molecule has 0 aliphatic carbocycles. The molecule has 1 saturated heterocycles. The molecule has 0 unspecified atom stereocenters. The Morgan fingerprint density at radius 2 is 1.96 bits per heavy atom. The molecule has 2 rings (SSSR count). The number of rotatable bonds is 4. The lowest BCUT2D eigenvalue weighted by Crippen LogP contribution is -2.60. The molecule has 1 aromatic carbocycles. The van der Waals surface area contributed by atoms with Crippen LogP contribution in [0.25, 0.3) is 0 Å². The molecule has 25 heavy (non-hydrogen) atoms. The molecule has 1 aliphatic rings. The van der Waals surface area contributed by atoms with Gasteiger partial charge in [0.05, 0.1) is 22.2 Å². The lowest BCUT2D eigenvalue weighted by atomic mass is 9.99. The molecule has 0 saturated carbocycles. The average Bonchev–Trinajstić information content (AvgIpc) is 2.60. The van der Waals surface area contributed by atoms with Crippen molar-refractivity contribution in [2.45, 2.75) is 37.6 Å². The number of aliphatic hydroxyl groups excluding tert-OH is 3. The van der Waals surface area contributed by atoms with Crippen molar-refractivity contribution < 1.29 is 39.4 Å². The Bertz CT molecular complexity index is 651. The minimum atomic E-state index is -1.55. The van der Waals surface area contributed by atoms with E-state index in [0.717, 1.165) is 0 Å². The first-order chi connectivity index (χ1) is 11.7. The van der Waals surface area contributed by atoms with Crippen molar-refractivity contribution in [2.75, 3.05) is 13.7 Å². The summed E-state index contributed by atoms with van der Waals surface area (Å²) in [4.78, 5) is 12.4. The minimum Gasteiger partial charge on any atom is -0.505 e. The van der Waals surface area contributed by atoms with Crippen LogP contribution in [0, 0.1) is 6.92 Å². The predicted octanol–water partition coefficient (Wildman–Crippen LogP) is 0.618. The van der Waals surface area contributed by atoms with Gasteiger partial charge in [0, 0.05) is 7.11 Å². The van der Waals surface area contributed by atoms with Gasteiger partial charge in [-0.05, 0) is 18.6 Å². The van der Waals surface area contributed by atoms with Crippen molar-refractivity contribution in [1.82, 2.24) is 0 Å². The van der Waals surface area contributed by atoms with Gasteiger partial charge in [0.2, 0.25) is 0 Å². The first-order valence-corrected chi connectivity index (χ1v) is 8.02. The molecule has 0 amide bonds. The second kappa shape index (κ2) is 8.05. The van der Waals surface area contributed by atoms with E-state index in [9.17, 15) is 20.1 Å². The molecular formula is C15H18Cl2O8. The van der Waals surface area contributed by atoms with Gasteiger partial charge in [-0.1, -0.05) is 23.2 Å². The molecule has 1 aromatic rings. The number of phenols is 1. The summed E-state index contributed by atoms with van der Waals surface area (Å²) < 4.78 is 15.5. The summed E-state index contributed by atoms with van der Waals surface area (Å²) in [6.45, 7) is 0.925. The van der Waals surface area contributed by atoms with E-state index in [4.69, 9.17) is 42.5 Å². The van der Waals surface area contributed by atoms with E-state index in [0.29, 0.717) is 0 Å². The maximum Gasteiger partial charge on any atom is 0.339 e. The maximum absolute atomic E-state index is 12.4. The number of hydrogen-bond donors (Lipinski definition) is 4. The van der Waals surface area contributed by atoms with Gasteiger partial charge >= 0.3 is 5.97 Å². The summed E-state index contributed by atoms with van der Waals surface area (Å²) in [5, 5.41) is 38.7. The first-order valence-electron chi connectivity index (χ1n) is 7.26. The number of phenolic OH excluding ortho intramolecular Hbond substituents is 1. The van der Waals surface area contributed by atoms with Gasteiger partial charge in [-0.15, -0.1) is 0 Å². The zero-order chi connectivity index (χ0) is 18.9. The predicted molar refractivity (Wildman–Crippen MR) is 86.8 cm³/mol. The van der Waals surface area contributed by atoms with Crippen molar-refractivity contribution in [3.63, 3.8) is 0 Å². The number of aromatic hydroxyl groups is 1. The fraction of sp³-hybridized carbons (Fsp3) is 0.533. The van der Waals surface area contributed by atoms with Crippen LogP contribution >= 0.6 is 23.2 Å². The third-order valence-electron chi connectivity index (χ3n) is 3.96. The first kappa shape index (κ1) is 20.2. The summed E-state index contributed by atoms with van der Waals surface area (Å²) >= 11 is 11.7. The van der Waals surface area contributed by atoms with Crippen molar-refractivity contribution in [3.8, 4) is 5.75 Å². The number of carbonyl (C=O) groups excluding carboxylic acids is 1. The molecule has 10 heteroatoms. The summed E-state index contributed by atoms with van der Waals surface area (Å²) in [6, 6.07) is 1.17. The van der Waals surface area contributed by atoms with Crippen LogP contribution < -0.4 is 0 Å². The number of hydrogen-bond acceptors (Lipinski definition) is 8. The SMILES string of the molecule is CO[C@H]1O[C@H](CO)[C@@H](O)[C@H](O)[C@H]1OC(=O)c1cc(Cl)c(O)c(Cl)c1C. The molecule has 1 fully saturated rings. The molecule has 1 aliphatic heterocycles. The van der Waals surface area contributed by atoms with Crippen LogP contribution in [0.15, 0.2) is 6.07 Å². The van der Waals surface area contributed by atoms with Crippen LogP contribution in [0.1, 0.15) is 15.9 Å². The topological polar surface area (TPSA) is 126 Å². The number of esters is 1. The summed E-state index contributed by atoms with van der Waals surface area (Å²) in [5.41, 5.74) is 0.191. The summed E-state index contributed by atoms with van der Waals surface area (Å²) in [7, 11) is 1.25. The van der Waals surface area contributed by atoms with Gasteiger partial charge < -0.3 is 34.6 Å². The highest BCUT2D eigenvalue weighted by Crippen LogP contribution is 2.37. The zero-order valence-corrected chi connectivity index (χ0v) is 14.9. The van der Waals surface area contributed by atoms with Gasteiger partial charge in [0.15, 0.2) is 18.1 Å². The molecule has 0 bridgehead atoms. The van der Waals surface area contributed by atoms with E-state index in [1.807, 2.05) is 0 Å². The molecule has 0 radical (unpaired) electrons. The van der Waals surface area contributed by atoms with E-state index in [2.05, 4.69) is 0 Å². The average molecular weight is 397 g/mol. The standard InChI is InChI=1S/C15H18Cl2O8/c1-5-6(3-7(16)10(19)9(5)17)14(22)25-13-12(21)11(20)8(4-18)24-15(13)23-2/h3,8,11-13,15,18-21H,4H2,1-2H3/t8-,11-,12+,13-,15+/m1/s1. The maximum atomic E-state index is 12.4. The molecular weight excluding hydrogens is 379 g/mol. The van der Waals surface area contributed by atoms with E-state index in [1.165, 1.54) is 20.1 Å². The molecule has 4 N–H and O–H groups in total. The van der Waals surface area contributed by atoms with Crippen LogP contribution in [0.2, 0.25) is 10.0 Å². The van der Waals surface area contributed by atoms with Crippen molar-refractivity contribution >= 4 is 29.2 Å². The zero-order valence-electron chi connectivity index (χ0n) is 13.3. The van der Waals surface area contributed by atoms with Gasteiger partial charge in [-0.25, -0.2) is 4.79 Å². The molecule has 140 valence electrons. The van der Waals surface area contributed by atoms with Gasteiger partial charge in [0.25, 0.3) is 0 Å². The number of carbonyl (C=O) groups is 1. The quantitative estimate of drug-likeness (QED) is 0.545. The molecule has 1 heterocycles. The van der Waals surface area contributed by atoms with Crippen LogP contribution in [0.4, 0.5) is 0 Å². The van der Waals surface area contributed by atoms with Crippen molar-refractivity contribution in [2.24, 2.45) is 0 Å². The third kappa shape index (κ3) is 3.85. The second-order valence-electron chi connectivity index (χ2n) is 5.51. The highest BCUT2D eigenvalue weighted by molar-refractivity contribution is 6.38. The number of halogens is 2. The van der Waals surface area contributed by atoms with Gasteiger partial charge in [-0.3, -0.25) is 0 Å². The van der Waals surface area contributed by atoms with Crippen LogP contribution in [-0.4, -0.2) is 70.8 Å². The van der Waals surface area contributed by atoms with Crippen molar-refractivity contribution in [3.05, 3.63) is 27.2 Å². The molecule has 0 aromatic heterocycles. The minimum absolute atomic E-state index is 0.0337. The smallest absolute Gasteiger partial charge is 0.339 e. The van der Waals surface area contributed by atoms with E-state index >= 15 is 0 Å². The lowest BCUT2D eigenvalue weighted by molar-refractivity contribution is -0.293. The molecule has 8 nitrogen and oxygen atoms in total. The van der Waals surface area contributed by atoms with Crippen molar-refractivity contribution in [1.29, 1.82) is 0 Å². The fourth-order valence-corrected chi connectivity index (χ4v) is 2.93. The van der Waals surface area contributed by atoms with E-state index in [1.54, 1.807) is 0 Å². The third-order valence-corrected chi connectivity index (χ3v) is 4.71. The number of aliphatic hydroxyl groups is 3. The Morgan fingerprint density at radius 3 is 2.52 bits per heavy atom. The summed E-state index contributed by atoms with van der Waals surface area (Å²) in [6.07, 6.45) is -6.69. The lowest BCUT2D eigenvalue weighted by Gasteiger charge is -2.40. The summed E-state index contributed by atoms with van der Waals surface area (Å²) in [5.74, 6) is -1.28. The Labute approximate surface area is 153 Å². The largest absolute Gasteiger partial charge is 0.505 e. The number of methoxy groups -OCH3 is 1. The van der Waals surface area contributed by atoms with Gasteiger partial charge in [-0.2, -0.15) is 0 Å². The Balaban J connectivity index is 2.27. The van der Waals surface area contributed by atoms with Crippen LogP contribution in [0.5, 0.6) is 5.75 Å². The van der Waals surface area contributed by atoms with E-state index < -0.39 is 43.3 Å². The normalized spacial score (nSPS) is 29.5. The molecule has 0 spiro atoms. The Morgan fingerprint density at radius 1 is 1.32 bits per heavy atom. The Kier molecular flexibility index (Phi) is 6.50. The van der Waals surface area contributed by atoms with Crippen LogP contribution in [0.3, 0.4) is 0 Å². The second-order valence-corrected chi connectivity index (χ2v) is 6.29. The number of benzene rings is 1. The van der Waals surface area contributed by atoms with E-state index in [-0.39, 0.29) is 26.9 Å². The highest BCUT2D eigenvalue weighted by Gasteiger charge is 2.47. The van der Waals surface area contributed by atoms with Crippen LogP contribution in [-0.2, 0) is 14.2 Å². The number of ether oxygens (including phenoxy) is 3. The molecule has 5 atom stereocenters.